The molecule has 1 atom stereocenters. The monoisotopic (exact) mass is 327 g/mol. The number of hydrogen-bond acceptors (Lipinski definition) is 3. The van der Waals surface area contributed by atoms with Crippen LogP contribution in [0.3, 0.4) is 0 Å². The maximum atomic E-state index is 13.7. The molecule has 0 aliphatic carbocycles. The summed E-state index contributed by atoms with van der Waals surface area (Å²) in [6, 6.07) is 13.0. The van der Waals surface area contributed by atoms with Crippen molar-refractivity contribution in [3.8, 4) is 5.75 Å². The Hall–Kier alpha value is -2.82. The van der Waals surface area contributed by atoms with Gasteiger partial charge in [0.05, 0.1) is 18.2 Å². The van der Waals surface area contributed by atoms with Gasteiger partial charge < -0.3 is 14.5 Å². The summed E-state index contributed by atoms with van der Waals surface area (Å²) in [5.74, 6) is 0.215. The molecule has 0 fully saturated rings. The predicted octanol–water partition coefficient (Wildman–Crippen LogP) is 4.46. The minimum Gasteiger partial charge on any atom is -0.490 e. The summed E-state index contributed by atoms with van der Waals surface area (Å²) >= 11 is 0. The second-order valence-electron chi connectivity index (χ2n) is 5.43. The zero-order valence-corrected chi connectivity index (χ0v) is 13.5. The molecule has 1 amide bonds. The van der Waals surface area contributed by atoms with Crippen LogP contribution in [0, 0.1) is 5.82 Å². The lowest BCUT2D eigenvalue weighted by Gasteiger charge is -2.11. The largest absolute Gasteiger partial charge is 0.490 e. The Balaban J connectivity index is 1.84. The van der Waals surface area contributed by atoms with E-state index < -0.39 is 17.8 Å². The normalized spacial score (nSPS) is 12.1. The van der Waals surface area contributed by atoms with E-state index in [2.05, 4.69) is 5.32 Å². The molecule has 1 heterocycles. The molecule has 0 bridgehead atoms. The smallest absolute Gasteiger partial charge is 0.254 e. The molecule has 3 rings (SSSR count). The van der Waals surface area contributed by atoms with E-state index >= 15 is 0 Å². The number of para-hydroxylation sites is 1. The number of amides is 1. The van der Waals surface area contributed by atoms with E-state index in [0.717, 1.165) is 5.39 Å². The van der Waals surface area contributed by atoms with Crippen LogP contribution in [0.5, 0.6) is 5.75 Å². The van der Waals surface area contributed by atoms with Crippen molar-refractivity contribution >= 4 is 16.9 Å². The lowest BCUT2D eigenvalue weighted by molar-refractivity contribution is 0.0931. The van der Waals surface area contributed by atoms with Crippen LogP contribution in [0.15, 0.2) is 52.9 Å². The van der Waals surface area contributed by atoms with Crippen LogP contribution >= 0.6 is 0 Å². The fourth-order valence-electron chi connectivity index (χ4n) is 2.53. The van der Waals surface area contributed by atoms with Crippen LogP contribution in [0.2, 0.25) is 0 Å². The molecule has 1 N–H and O–H groups in total. The number of carbonyl (C=O) groups is 1. The highest BCUT2D eigenvalue weighted by Gasteiger charge is 2.18. The standard InChI is InChI=1S/C19H18FNO3/c1-3-23-16-10-6-7-13-11-17(24-18(13)16)12(2)21-19(22)14-8-4-5-9-15(14)20/h4-12H,3H2,1-2H3,(H,21,22). The minimum absolute atomic E-state index is 0.00969. The first-order valence-corrected chi connectivity index (χ1v) is 7.80. The van der Waals surface area contributed by atoms with E-state index in [1.54, 1.807) is 19.1 Å². The van der Waals surface area contributed by atoms with E-state index in [-0.39, 0.29) is 5.56 Å². The lowest BCUT2D eigenvalue weighted by atomic mass is 10.1. The molecule has 0 spiro atoms. The number of furan rings is 1. The third-order valence-corrected chi connectivity index (χ3v) is 3.72. The molecule has 0 saturated heterocycles. The molecular formula is C19H18FNO3. The van der Waals surface area contributed by atoms with E-state index in [9.17, 15) is 9.18 Å². The van der Waals surface area contributed by atoms with E-state index in [0.29, 0.717) is 23.7 Å². The number of benzene rings is 2. The average molecular weight is 327 g/mol. The summed E-state index contributed by atoms with van der Waals surface area (Å²) < 4.78 is 25.1. The molecule has 3 aromatic rings. The molecule has 5 heteroatoms. The van der Waals surface area contributed by atoms with Gasteiger partial charge in [0.15, 0.2) is 11.3 Å². The van der Waals surface area contributed by atoms with Gasteiger partial charge in [-0.05, 0) is 38.1 Å². The highest BCUT2D eigenvalue weighted by Crippen LogP contribution is 2.31. The molecule has 0 radical (unpaired) electrons. The number of rotatable bonds is 5. The van der Waals surface area contributed by atoms with Gasteiger partial charge in [-0.25, -0.2) is 4.39 Å². The molecule has 24 heavy (non-hydrogen) atoms. The lowest BCUT2D eigenvalue weighted by Crippen LogP contribution is -2.27. The Morgan fingerprint density at radius 2 is 2.04 bits per heavy atom. The first-order valence-electron chi connectivity index (χ1n) is 7.80. The third-order valence-electron chi connectivity index (χ3n) is 3.72. The number of carbonyl (C=O) groups excluding carboxylic acids is 1. The van der Waals surface area contributed by atoms with Crippen LogP contribution in [-0.4, -0.2) is 12.5 Å². The second kappa shape index (κ2) is 6.74. The first kappa shape index (κ1) is 16.1. The highest BCUT2D eigenvalue weighted by molar-refractivity contribution is 5.94. The summed E-state index contributed by atoms with van der Waals surface area (Å²) in [6.45, 7) is 4.23. The van der Waals surface area contributed by atoms with Gasteiger partial charge in [0.25, 0.3) is 5.91 Å². The van der Waals surface area contributed by atoms with Gasteiger partial charge in [-0.2, -0.15) is 0 Å². The fourth-order valence-corrected chi connectivity index (χ4v) is 2.53. The molecule has 0 aliphatic rings. The Morgan fingerprint density at radius 1 is 1.25 bits per heavy atom. The van der Waals surface area contributed by atoms with Gasteiger partial charge in [-0.1, -0.05) is 24.3 Å². The van der Waals surface area contributed by atoms with Gasteiger partial charge in [0.1, 0.15) is 11.6 Å². The molecule has 124 valence electrons. The van der Waals surface area contributed by atoms with Crippen LogP contribution in [0.4, 0.5) is 4.39 Å². The highest BCUT2D eigenvalue weighted by atomic mass is 19.1. The summed E-state index contributed by atoms with van der Waals surface area (Å²) in [6.07, 6.45) is 0. The van der Waals surface area contributed by atoms with Gasteiger partial charge >= 0.3 is 0 Å². The Bertz CT molecular complexity index is 872. The minimum atomic E-state index is -0.551. The van der Waals surface area contributed by atoms with Crippen molar-refractivity contribution in [2.75, 3.05) is 6.61 Å². The number of hydrogen-bond donors (Lipinski definition) is 1. The predicted molar refractivity (Wildman–Crippen MR) is 89.7 cm³/mol. The van der Waals surface area contributed by atoms with Crippen molar-refractivity contribution < 1.29 is 18.3 Å². The topological polar surface area (TPSA) is 51.5 Å². The van der Waals surface area contributed by atoms with Crippen molar-refractivity contribution in [2.24, 2.45) is 0 Å². The fraction of sp³-hybridized carbons (Fsp3) is 0.211. The molecular weight excluding hydrogens is 309 g/mol. The summed E-state index contributed by atoms with van der Waals surface area (Å²) in [7, 11) is 0. The van der Waals surface area contributed by atoms with E-state index in [4.69, 9.17) is 9.15 Å². The van der Waals surface area contributed by atoms with Gasteiger partial charge in [-0.15, -0.1) is 0 Å². The van der Waals surface area contributed by atoms with Crippen LogP contribution in [0.1, 0.15) is 36.0 Å². The Labute approximate surface area is 139 Å². The van der Waals surface area contributed by atoms with Crippen molar-refractivity contribution in [3.63, 3.8) is 0 Å². The van der Waals surface area contributed by atoms with Crippen LogP contribution in [0.25, 0.3) is 11.0 Å². The number of ether oxygens (including phenoxy) is 1. The first-order chi connectivity index (χ1) is 11.6. The Kier molecular flexibility index (Phi) is 4.51. The zero-order chi connectivity index (χ0) is 17.1. The van der Waals surface area contributed by atoms with Crippen molar-refractivity contribution in [2.45, 2.75) is 19.9 Å². The van der Waals surface area contributed by atoms with Crippen molar-refractivity contribution in [3.05, 3.63) is 65.7 Å². The average Bonchev–Trinajstić information content (AvgIpc) is 3.01. The Morgan fingerprint density at radius 3 is 2.79 bits per heavy atom. The van der Waals surface area contributed by atoms with E-state index in [1.807, 2.05) is 31.2 Å². The molecule has 1 unspecified atom stereocenters. The summed E-state index contributed by atoms with van der Waals surface area (Å²) in [4.78, 5) is 12.2. The maximum Gasteiger partial charge on any atom is 0.254 e. The number of nitrogens with one attached hydrogen (secondary N) is 1. The zero-order valence-electron chi connectivity index (χ0n) is 13.5. The van der Waals surface area contributed by atoms with Gasteiger partial charge in [0.2, 0.25) is 0 Å². The van der Waals surface area contributed by atoms with Crippen molar-refractivity contribution in [1.29, 1.82) is 0 Å². The SMILES string of the molecule is CCOc1cccc2cc(C(C)NC(=O)c3ccccc3F)oc12. The van der Waals surface area contributed by atoms with Gasteiger partial charge in [0, 0.05) is 5.39 Å². The van der Waals surface area contributed by atoms with Gasteiger partial charge in [-0.3, -0.25) is 4.79 Å². The quantitative estimate of drug-likeness (QED) is 0.752. The third kappa shape index (κ3) is 3.11. The van der Waals surface area contributed by atoms with E-state index in [1.165, 1.54) is 12.1 Å². The molecule has 2 aromatic carbocycles. The molecule has 1 aromatic heterocycles. The second-order valence-corrected chi connectivity index (χ2v) is 5.43. The van der Waals surface area contributed by atoms with Crippen LogP contribution in [-0.2, 0) is 0 Å². The summed E-state index contributed by atoms with van der Waals surface area (Å²) in [5, 5.41) is 3.64. The van der Waals surface area contributed by atoms with Crippen LogP contribution < -0.4 is 10.1 Å². The number of halogens is 1. The molecule has 0 aliphatic heterocycles. The summed E-state index contributed by atoms with van der Waals surface area (Å²) in [5.41, 5.74) is 0.650. The number of fused-ring (bicyclic) bond motifs is 1. The molecule has 0 saturated carbocycles. The van der Waals surface area contributed by atoms with Crippen molar-refractivity contribution in [1.82, 2.24) is 5.32 Å². The maximum absolute atomic E-state index is 13.7. The molecule has 4 nitrogen and oxygen atoms in total.